The molecule has 0 unspecified atom stereocenters. The molecule has 0 aliphatic carbocycles. The summed E-state index contributed by atoms with van der Waals surface area (Å²) in [5.41, 5.74) is 0. The first kappa shape index (κ1) is 14.2. The molecule has 2 nitrogen and oxygen atoms in total. The largest absolute Gasteiger partial charge is 0.468 e. The third kappa shape index (κ3) is 5.33. The van der Waals surface area contributed by atoms with Crippen molar-refractivity contribution < 1.29 is 9.53 Å². The molecule has 1 heterocycles. The second-order valence-electron chi connectivity index (χ2n) is 3.41. The highest BCUT2D eigenvalue weighted by Gasteiger charge is 1.95. The van der Waals surface area contributed by atoms with Gasteiger partial charge in [-0.15, -0.1) is 11.3 Å². The quantitative estimate of drug-likeness (QED) is 0.608. The van der Waals surface area contributed by atoms with E-state index in [1.165, 1.54) is 13.9 Å². The van der Waals surface area contributed by atoms with Crippen LogP contribution in [0.3, 0.4) is 0 Å². The van der Waals surface area contributed by atoms with Crippen LogP contribution in [-0.4, -0.2) is 13.1 Å². The lowest BCUT2D eigenvalue weighted by Gasteiger charge is -1.90. The minimum Gasteiger partial charge on any atom is -0.468 e. The number of carbonyl (C=O) groups excluding carboxylic acids is 1. The zero-order valence-corrected chi connectivity index (χ0v) is 12.1. The van der Waals surface area contributed by atoms with E-state index in [2.05, 4.69) is 51.0 Å². The fourth-order valence-electron chi connectivity index (χ4n) is 1.23. The Morgan fingerprint density at radius 1 is 1.41 bits per heavy atom. The first-order valence-corrected chi connectivity index (χ1v) is 7.08. The van der Waals surface area contributed by atoms with Gasteiger partial charge in [0.25, 0.3) is 6.47 Å². The lowest BCUT2D eigenvalue weighted by molar-refractivity contribution is -0.128. The van der Waals surface area contributed by atoms with E-state index >= 15 is 0 Å². The van der Waals surface area contributed by atoms with E-state index in [1.807, 2.05) is 6.92 Å². The summed E-state index contributed by atoms with van der Waals surface area (Å²) in [5, 5.41) is 1.32. The van der Waals surface area contributed by atoms with Crippen molar-refractivity contribution in [3.8, 4) is 0 Å². The topological polar surface area (TPSA) is 26.3 Å². The standard InChI is InChI=1S/C8H5BrS.C5H10O2/c9-8-5-6-3-1-2-4-7(6)10-8;1-2-3-4-7-5-6/h1-5H;5H,2-4H2,1H3. The van der Waals surface area contributed by atoms with Crippen molar-refractivity contribution in [3.05, 3.63) is 34.1 Å². The Hall–Kier alpha value is -0.870. The minimum atomic E-state index is 0.482. The zero-order chi connectivity index (χ0) is 12.5. The number of unbranched alkanes of at least 4 members (excludes halogenated alkanes) is 1. The molecule has 2 rings (SSSR count). The SMILES string of the molecule is Brc1cc2ccccc2s1.CCCCOC=O. The number of thiophene rings is 1. The van der Waals surface area contributed by atoms with Gasteiger partial charge in [0.1, 0.15) is 0 Å². The predicted octanol–water partition coefficient (Wildman–Crippen LogP) is 4.62. The molecule has 92 valence electrons. The van der Waals surface area contributed by atoms with Gasteiger partial charge in [0.2, 0.25) is 0 Å². The third-order valence-corrected chi connectivity index (χ3v) is 3.70. The number of halogens is 1. The normalized spacial score (nSPS) is 9.53. The molecule has 0 amide bonds. The van der Waals surface area contributed by atoms with Crippen LogP contribution in [0.15, 0.2) is 34.1 Å². The molecule has 0 radical (unpaired) electrons. The van der Waals surface area contributed by atoms with Crippen molar-refractivity contribution in [2.45, 2.75) is 19.8 Å². The summed E-state index contributed by atoms with van der Waals surface area (Å²) in [4.78, 5) is 9.46. The highest BCUT2D eigenvalue weighted by atomic mass is 79.9. The van der Waals surface area contributed by atoms with Gasteiger partial charge in [-0.1, -0.05) is 31.5 Å². The van der Waals surface area contributed by atoms with Crippen molar-refractivity contribution in [3.63, 3.8) is 0 Å². The molecule has 0 aliphatic heterocycles. The molecule has 0 saturated heterocycles. The van der Waals surface area contributed by atoms with E-state index in [1.54, 1.807) is 11.3 Å². The second kappa shape index (κ2) is 8.25. The third-order valence-electron chi connectivity index (χ3n) is 2.08. The van der Waals surface area contributed by atoms with E-state index in [0.29, 0.717) is 13.1 Å². The maximum Gasteiger partial charge on any atom is 0.293 e. The van der Waals surface area contributed by atoms with E-state index in [0.717, 1.165) is 12.8 Å². The van der Waals surface area contributed by atoms with Crippen LogP contribution < -0.4 is 0 Å². The number of ether oxygens (including phenoxy) is 1. The Morgan fingerprint density at radius 3 is 2.82 bits per heavy atom. The fourth-order valence-corrected chi connectivity index (χ4v) is 2.78. The summed E-state index contributed by atoms with van der Waals surface area (Å²) in [7, 11) is 0. The fraction of sp³-hybridized carbons (Fsp3) is 0.308. The number of rotatable bonds is 4. The van der Waals surface area contributed by atoms with Crippen LogP contribution >= 0.6 is 27.3 Å². The Kier molecular flexibility index (Phi) is 6.89. The van der Waals surface area contributed by atoms with Crippen molar-refractivity contribution in [1.29, 1.82) is 0 Å². The number of hydrogen-bond acceptors (Lipinski definition) is 3. The molecule has 4 heteroatoms. The van der Waals surface area contributed by atoms with Gasteiger partial charge in [-0.2, -0.15) is 0 Å². The molecule has 0 saturated carbocycles. The van der Waals surface area contributed by atoms with Crippen molar-refractivity contribution in [2.24, 2.45) is 0 Å². The molecule has 0 fully saturated rings. The highest BCUT2D eigenvalue weighted by Crippen LogP contribution is 2.28. The average molecular weight is 315 g/mol. The lowest BCUT2D eigenvalue weighted by Crippen LogP contribution is -1.88. The number of fused-ring (bicyclic) bond motifs is 1. The first-order valence-electron chi connectivity index (χ1n) is 5.47. The number of hydrogen-bond donors (Lipinski definition) is 0. The van der Waals surface area contributed by atoms with Gasteiger partial charge < -0.3 is 4.74 Å². The first-order chi connectivity index (χ1) is 8.27. The molecule has 1 aromatic carbocycles. The molecule has 2 aromatic rings. The molecule has 0 atom stereocenters. The number of benzene rings is 1. The Labute approximate surface area is 114 Å². The van der Waals surface area contributed by atoms with Crippen molar-refractivity contribution in [1.82, 2.24) is 0 Å². The molecular formula is C13H15BrO2S. The Balaban J connectivity index is 0.000000185. The number of carbonyl (C=O) groups is 1. The predicted molar refractivity (Wildman–Crippen MR) is 76.4 cm³/mol. The van der Waals surface area contributed by atoms with E-state index < -0.39 is 0 Å². The second-order valence-corrected chi connectivity index (χ2v) is 5.87. The van der Waals surface area contributed by atoms with Crippen LogP contribution in [0.2, 0.25) is 0 Å². The van der Waals surface area contributed by atoms with E-state index in [-0.39, 0.29) is 0 Å². The summed E-state index contributed by atoms with van der Waals surface area (Å²) in [6, 6.07) is 10.5. The molecule has 0 N–H and O–H groups in total. The molecular weight excluding hydrogens is 300 g/mol. The summed E-state index contributed by atoms with van der Waals surface area (Å²) in [6.07, 6.45) is 2.05. The summed E-state index contributed by atoms with van der Waals surface area (Å²) in [5.74, 6) is 0. The smallest absolute Gasteiger partial charge is 0.293 e. The monoisotopic (exact) mass is 314 g/mol. The van der Waals surface area contributed by atoms with Crippen LogP contribution in [-0.2, 0) is 9.53 Å². The van der Waals surface area contributed by atoms with Gasteiger partial charge in [0.05, 0.1) is 10.4 Å². The lowest BCUT2D eigenvalue weighted by atomic mass is 10.3. The van der Waals surface area contributed by atoms with E-state index in [9.17, 15) is 4.79 Å². The van der Waals surface area contributed by atoms with Crippen LogP contribution in [0.25, 0.3) is 10.1 Å². The maximum absolute atomic E-state index is 9.46. The van der Waals surface area contributed by atoms with Crippen LogP contribution in [0, 0.1) is 0 Å². The summed E-state index contributed by atoms with van der Waals surface area (Å²) in [6.45, 7) is 3.10. The minimum absolute atomic E-state index is 0.482. The van der Waals surface area contributed by atoms with Crippen LogP contribution in [0.4, 0.5) is 0 Å². The van der Waals surface area contributed by atoms with Crippen LogP contribution in [0.1, 0.15) is 19.8 Å². The van der Waals surface area contributed by atoms with Gasteiger partial charge >= 0.3 is 0 Å². The summed E-state index contributed by atoms with van der Waals surface area (Å²) < 4.78 is 6.94. The average Bonchev–Trinajstić information content (AvgIpc) is 2.70. The van der Waals surface area contributed by atoms with Gasteiger partial charge in [-0.3, -0.25) is 4.79 Å². The van der Waals surface area contributed by atoms with Gasteiger partial charge in [0, 0.05) is 4.70 Å². The molecule has 17 heavy (non-hydrogen) atoms. The molecule has 0 aliphatic rings. The van der Waals surface area contributed by atoms with Crippen LogP contribution in [0.5, 0.6) is 0 Å². The van der Waals surface area contributed by atoms with Crippen molar-refractivity contribution in [2.75, 3.05) is 6.61 Å². The van der Waals surface area contributed by atoms with Crippen molar-refractivity contribution >= 4 is 43.8 Å². The van der Waals surface area contributed by atoms with Gasteiger partial charge in [-0.25, -0.2) is 0 Å². The molecule has 1 aromatic heterocycles. The highest BCUT2D eigenvalue weighted by molar-refractivity contribution is 9.11. The van der Waals surface area contributed by atoms with Gasteiger partial charge in [0.15, 0.2) is 0 Å². The van der Waals surface area contributed by atoms with Gasteiger partial charge in [-0.05, 0) is 39.9 Å². The Bertz CT molecular complexity index is 420. The maximum atomic E-state index is 9.46. The zero-order valence-electron chi connectivity index (χ0n) is 9.69. The molecule has 0 spiro atoms. The van der Waals surface area contributed by atoms with E-state index in [4.69, 9.17) is 0 Å². The molecule has 0 bridgehead atoms. The summed E-state index contributed by atoms with van der Waals surface area (Å²) >= 11 is 5.21. The Morgan fingerprint density at radius 2 is 2.18 bits per heavy atom.